The third-order valence-electron chi connectivity index (χ3n) is 5.03. The van der Waals surface area contributed by atoms with Crippen LogP contribution in [0, 0.1) is 0 Å². The summed E-state index contributed by atoms with van der Waals surface area (Å²) in [5.74, 6) is 0.445. The van der Waals surface area contributed by atoms with Crippen LogP contribution in [0.15, 0.2) is 55.1 Å². The lowest BCUT2D eigenvalue weighted by molar-refractivity contribution is -0.118. The average molecular weight is 378 g/mol. The fraction of sp³-hybridized carbons (Fsp3) is 0.300. The topological polar surface area (TPSA) is 99.0 Å². The van der Waals surface area contributed by atoms with Gasteiger partial charge in [0.1, 0.15) is 12.4 Å². The molecule has 8 heteroatoms. The lowest BCUT2D eigenvalue weighted by Gasteiger charge is -2.33. The molecular formula is C20H22N6O2. The van der Waals surface area contributed by atoms with Crippen molar-refractivity contribution in [3.8, 4) is 5.69 Å². The minimum Gasteiger partial charge on any atom is -0.368 e. The number of aromatic nitrogens is 4. The maximum Gasteiger partial charge on any atom is 0.256 e. The number of likely N-dealkylation sites (tertiary alicyclic amines) is 1. The zero-order valence-corrected chi connectivity index (χ0v) is 15.4. The Morgan fingerprint density at radius 3 is 2.79 bits per heavy atom. The molecule has 1 aliphatic heterocycles. The summed E-state index contributed by atoms with van der Waals surface area (Å²) in [6, 6.07) is 9.31. The number of nitrogens with two attached hydrogens (primary N) is 1. The molecule has 1 atom stereocenters. The molecule has 1 fully saturated rings. The summed E-state index contributed by atoms with van der Waals surface area (Å²) in [6.45, 7) is 1.35. The first-order valence-electron chi connectivity index (χ1n) is 9.31. The molecule has 3 aromatic rings. The lowest BCUT2D eigenvalue weighted by atomic mass is 9.96. The lowest BCUT2D eigenvalue weighted by Crippen LogP contribution is -2.40. The Labute approximate surface area is 162 Å². The second-order valence-corrected chi connectivity index (χ2v) is 6.94. The van der Waals surface area contributed by atoms with Crippen LogP contribution in [0.5, 0.6) is 0 Å². The summed E-state index contributed by atoms with van der Waals surface area (Å²) in [4.78, 5) is 30.9. The van der Waals surface area contributed by atoms with Gasteiger partial charge >= 0.3 is 0 Å². The van der Waals surface area contributed by atoms with Crippen LogP contribution in [0.4, 0.5) is 0 Å². The molecule has 1 saturated heterocycles. The number of imidazole rings is 1. The van der Waals surface area contributed by atoms with Crippen LogP contribution in [-0.2, 0) is 11.3 Å². The van der Waals surface area contributed by atoms with E-state index in [1.165, 1.54) is 0 Å². The van der Waals surface area contributed by atoms with Gasteiger partial charge in [0.25, 0.3) is 5.91 Å². The van der Waals surface area contributed by atoms with Gasteiger partial charge in [-0.05, 0) is 31.0 Å². The number of primary amides is 1. The van der Waals surface area contributed by atoms with Crippen LogP contribution in [-0.4, -0.2) is 49.1 Å². The van der Waals surface area contributed by atoms with E-state index in [0.29, 0.717) is 18.7 Å². The molecule has 0 saturated carbocycles. The summed E-state index contributed by atoms with van der Waals surface area (Å²) in [5.41, 5.74) is 6.71. The molecule has 1 aromatic carbocycles. The van der Waals surface area contributed by atoms with E-state index < -0.39 is 5.91 Å². The maximum atomic E-state index is 13.3. The van der Waals surface area contributed by atoms with Gasteiger partial charge in [0.2, 0.25) is 5.91 Å². The van der Waals surface area contributed by atoms with Gasteiger partial charge in [0.15, 0.2) is 0 Å². The van der Waals surface area contributed by atoms with Gasteiger partial charge in [-0.15, -0.1) is 0 Å². The minimum absolute atomic E-state index is 0.0243. The predicted molar refractivity (Wildman–Crippen MR) is 103 cm³/mol. The first-order chi connectivity index (χ1) is 13.6. The molecule has 4 rings (SSSR count). The Balaban J connectivity index is 1.57. The molecule has 2 N–H and O–H groups in total. The molecular weight excluding hydrogens is 356 g/mol. The molecule has 144 valence electrons. The van der Waals surface area contributed by atoms with Crippen LogP contribution in [0.3, 0.4) is 0 Å². The summed E-state index contributed by atoms with van der Waals surface area (Å²) >= 11 is 0. The molecule has 0 radical (unpaired) electrons. The quantitative estimate of drug-likeness (QED) is 0.728. The van der Waals surface area contributed by atoms with Crippen molar-refractivity contribution in [2.45, 2.75) is 25.3 Å². The summed E-state index contributed by atoms with van der Waals surface area (Å²) in [6.07, 6.45) is 8.74. The molecule has 3 heterocycles. The van der Waals surface area contributed by atoms with E-state index in [-0.39, 0.29) is 18.4 Å². The summed E-state index contributed by atoms with van der Waals surface area (Å²) in [5, 5.41) is 4.26. The zero-order chi connectivity index (χ0) is 19.5. The minimum atomic E-state index is -0.406. The van der Waals surface area contributed by atoms with Crippen molar-refractivity contribution in [1.29, 1.82) is 0 Å². The van der Waals surface area contributed by atoms with Crippen LogP contribution in [0.1, 0.15) is 34.9 Å². The number of para-hydroxylation sites is 1. The van der Waals surface area contributed by atoms with Crippen molar-refractivity contribution in [3.63, 3.8) is 0 Å². The molecule has 8 nitrogen and oxygen atoms in total. The fourth-order valence-corrected chi connectivity index (χ4v) is 3.79. The standard InChI is InChI=1S/C20H22N6O2/c21-18(27)14-24-12-9-22-19(24)15-5-3-10-25(13-15)20(28)16-6-1-2-7-17(16)26-11-4-8-23-26/h1-2,4,6-9,11-12,15H,3,5,10,13-14H2,(H2,21,27)/t15-/m0/s1. The van der Waals surface area contributed by atoms with Crippen molar-refractivity contribution in [2.75, 3.05) is 13.1 Å². The van der Waals surface area contributed by atoms with Gasteiger partial charge in [-0.2, -0.15) is 5.10 Å². The number of hydrogen-bond acceptors (Lipinski definition) is 4. The number of benzene rings is 1. The molecule has 2 amide bonds. The average Bonchev–Trinajstić information content (AvgIpc) is 3.39. The van der Waals surface area contributed by atoms with Crippen molar-refractivity contribution >= 4 is 11.8 Å². The van der Waals surface area contributed by atoms with E-state index in [4.69, 9.17) is 5.73 Å². The first kappa shape index (κ1) is 18.0. The summed E-state index contributed by atoms with van der Waals surface area (Å²) in [7, 11) is 0. The van der Waals surface area contributed by atoms with Gasteiger partial charge < -0.3 is 15.2 Å². The first-order valence-corrected chi connectivity index (χ1v) is 9.31. The maximum absolute atomic E-state index is 13.3. The molecule has 28 heavy (non-hydrogen) atoms. The number of rotatable bonds is 5. The van der Waals surface area contributed by atoms with Crippen LogP contribution < -0.4 is 5.73 Å². The highest BCUT2D eigenvalue weighted by atomic mass is 16.2. The molecule has 0 unspecified atom stereocenters. The Hall–Kier alpha value is -3.42. The Bertz CT molecular complexity index is 978. The smallest absolute Gasteiger partial charge is 0.256 e. The SMILES string of the molecule is NC(=O)Cn1ccnc1[C@H]1CCCN(C(=O)c2ccccc2-n2cccn2)C1. The molecule has 2 aromatic heterocycles. The van der Waals surface area contributed by atoms with Gasteiger partial charge in [-0.25, -0.2) is 9.67 Å². The Morgan fingerprint density at radius 2 is 2.00 bits per heavy atom. The van der Waals surface area contributed by atoms with Crippen LogP contribution >= 0.6 is 0 Å². The largest absolute Gasteiger partial charge is 0.368 e. The number of piperidine rings is 1. The van der Waals surface area contributed by atoms with Crippen LogP contribution in [0.25, 0.3) is 5.69 Å². The molecule has 1 aliphatic rings. The number of carbonyl (C=O) groups excluding carboxylic acids is 2. The molecule has 0 aliphatic carbocycles. The number of hydrogen-bond donors (Lipinski definition) is 1. The number of carbonyl (C=O) groups is 2. The second kappa shape index (κ2) is 7.67. The fourth-order valence-electron chi connectivity index (χ4n) is 3.79. The third kappa shape index (κ3) is 3.53. The van der Waals surface area contributed by atoms with Gasteiger partial charge in [-0.3, -0.25) is 9.59 Å². The highest BCUT2D eigenvalue weighted by molar-refractivity contribution is 5.97. The number of amides is 2. The number of nitrogens with zero attached hydrogens (tertiary/aromatic N) is 5. The van der Waals surface area contributed by atoms with Crippen molar-refractivity contribution in [2.24, 2.45) is 5.73 Å². The second-order valence-electron chi connectivity index (χ2n) is 6.94. The van der Waals surface area contributed by atoms with E-state index in [1.54, 1.807) is 27.8 Å². The van der Waals surface area contributed by atoms with Crippen molar-refractivity contribution in [1.82, 2.24) is 24.2 Å². The highest BCUT2D eigenvalue weighted by Gasteiger charge is 2.29. The van der Waals surface area contributed by atoms with Crippen molar-refractivity contribution < 1.29 is 9.59 Å². The normalized spacial score (nSPS) is 16.9. The van der Waals surface area contributed by atoms with Gasteiger partial charge in [-0.1, -0.05) is 12.1 Å². The van der Waals surface area contributed by atoms with E-state index in [2.05, 4.69) is 10.1 Å². The van der Waals surface area contributed by atoms with Crippen LogP contribution in [0.2, 0.25) is 0 Å². The molecule has 0 bridgehead atoms. The monoisotopic (exact) mass is 378 g/mol. The highest BCUT2D eigenvalue weighted by Crippen LogP contribution is 2.27. The summed E-state index contributed by atoms with van der Waals surface area (Å²) < 4.78 is 3.48. The van der Waals surface area contributed by atoms with E-state index >= 15 is 0 Å². The predicted octanol–water partition coefficient (Wildman–Crippen LogP) is 1.57. The van der Waals surface area contributed by atoms with Gasteiger partial charge in [0, 0.05) is 43.8 Å². The van der Waals surface area contributed by atoms with Crippen molar-refractivity contribution in [3.05, 3.63) is 66.5 Å². The Morgan fingerprint density at radius 1 is 1.14 bits per heavy atom. The van der Waals surface area contributed by atoms with E-state index in [0.717, 1.165) is 24.4 Å². The van der Waals surface area contributed by atoms with Gasteiger partial charge in [0.05, 0.1) is 11.3 Å². The van der Waals surface area contributed by atoms with E-state index in [1.807, 2.05) is 41.4 Å². The zero-order valence-electron chi connectivity index (χ0n) is 15.4. The third-order valence-corrected chi connectivity index (χ3v) is 5.03. The molecule has 0 spiro atoms. The Kier molecular flexibility index (Phi) is 4.92. The van der Waals surface area contributed by atoms with E-state index in [9.17, 15) is 9.59 Å².